The molecule has 1 aliphatic carbocycles. The van der Waals surface area contributed by atoms with Crippen molar-refractivity contribution < 1.29 is 23.3 Å². The summed E-state index contributed by atoms with van der Waals surface area (Å²) in [5.41, 5.74) is -0.636. The molecule has 8 nitrogen and oxygen atoms in total. The first-order valence-corrected chi connectivity index (χ1v) is 10.5. The fourth-order valence-electron chi connectivity index (χ4n) is 4.26. The Kier molecular flexibility index (Phi) is 5.70. The lowest BCUT2D eigenvalue weighted by molar-refractivity contribution is -0.131. The number of nitrogens with one attached hydrogen (secondary N) is 2. The lowest BCUT2D eigenvalue weighted by Gasteiger charge is -2.20. The number of hydrogen-bond donors (Lipinski definition) is 2. The molecule has 1 saturated heterocycles. The van der Waals surface area contributed by atoms with Crippen LogP contribution in [-0.2, 0) is 4.79 Å². The Morgan fingerprint density at radius 2 is 2.10 bits per heavy atom. The highest BCUT2D eigenvalue weighted by Crippen LogP contribution is 2.35. The van der Waals surface area contributed by atoms with Crippen LogP contribution in [0.5, 0.6) is 0 Å². The first-order valence-electron chi connectivity index (χ1n) is 10.2. The van der Waals surface area contributed by atoms with Gasteiger partial charge < -0.3 is 15.2 Å². The van der Waals surface area contributed by atoms with Crippen LogP contribution in [0.25, 0.3) is 11.3 Å². The third-order valence-electron chi connectivity index (χ3n) is 5.84. The average molecular weight is 449 g/mol. The number of carbonyl (C=O) groups is 3. The second-order valence-electron chi connectivity index (χ2n) is 7.84. The van der Waals surface area contributed by atoms with Crippen LogP contribution in [0.1, 0.15) is 48.2 Å². The Bertz CT molecular complexity index is 1030. The maximum atomic E-state index is 14.3. The van der Waals surface area contributed by atoms with Gasteiger partial charge in [0.25, 0.3) is 11.8 Å². The molecule has 0 radical (unpaired) electrons. The Morgan fingerprint density at radius 3 is 2.81 bits per heavy atom. The second-order valence-corrected chi connectivity index (χ2v) is 8.25. The van der Waals surface area contributed by atoms with E-state index in [-0.39, 0.29) is 52.6 Å². The zero-order chi connectivity index (χ0) is 22.2. The smallest absolute Gasteiger partial charge is 0.325 e. The minimum Gasteiger partial charge on any atom is -0.360 e. The number of imide groups is 1. The summed E-state index contributed by atoms with van der Waals surface area (Å²) in [4.78, 5) is 38.8. The van der Waals surface area contributed by atoms with E-state index < -0.39 is 17.3 Å². The van der Waals surface area contributed by atoms with E-state index in [2.05, 4.69) is 15.8 Å². The monoisotopic (exact) mass is 448 g/mol. The van der Waals surface area contributed by atoms with Crippen molar-refractivity contribution >= 4 is 29.4 Å². The molecule has 2 aliphatic rings. The van der Waals surface area contributed by atoms with Crippen LogP contribution in [0, 0.1) is 12.7 Å². The lowest BCUT2D eigenvalue weighted by atomic mass is 9.98. The van der Waals surface area contributed by atoms with Crippen molar-refractivity contribution in [2.75, 3.05) is 13.1 Å². The number of aryl methyl sites for hydroxylation is 1. The van der Waals surface area contributed by atoms with Crippen LogP contribution in [0.4, 0.5) is 9.18 Å². The van der Waals surface area contributed by atoms with Crippen LogP contribution >= 0.6 is 11.6 Å². The van der Waals surface area contributed by atoms with Crippen molar-refractivity contribution in [3.8, 4) is 11.3 Å². The fraction of sp³-hybridized carbons (Fsp3) is 0.429. The van der Waals surface area contributed by atoms with Gasteiger partial charge in [0.05, 0.1) is 10.6 Å². The Hall–Kier alpha value is -2.94. The van der Waals surface area contributed by atoms with Crippen LogP contribution in [0.15, 0.2) is 22.7 Å². The van der Waals surface area contributed by atoms with Crippen LogP contribution in [0.3, 0.4) is 0 Å². The maximum Gasteiger partial charge on any atom is 0.325 e. The molecule has 2 aromatic rings. The molecule has 31 heavy (non-hydrogen) atoms. The molecule has 0 atom stereocenters. The minimum absolute atomic E-state index is 0.00707. The molecule has 1 aliphatic heterocycles. The standard InChI is InChI=1S/C21H22ClFN4O4/c1-12-15(17(26-31-12)16-13(22)6-4-7-14(16)23)18(28)24-10-5-11-27-19(29)21(25-20(27)30)8-2-3-9-21/h4,6-7H,2-3,5,8-11H2,1H3,(H,24,28)(H,25,30). The zero-order valence-electron chi connectivity index (χ0n) is 17.0. The molecule has 2 heterocycles. The molecule has 164 valence electrons. The third kappa shape index (κ3) is 3.78. The topological polar surface area (TPSA) is 105 Å². The van der Waals surface area contributed by atoms with Crippen molar-refractivity contribution in [1.29, 1.82) is 0 Å². The highest BCUT2D eigenvalue weighted by molar-refractivity contribution is 6.33. The van der Waals surface area contributed by atoms with E-state index >= 15 is 0 Å². The highest BCUT2D eigenvalue weighted by Gasteiger charge is 2.52. The summed E-state index contributed by atoms with van der Waals surface area (Å²) >= 11 is 6.10. The number of urea groups is 1. The maximum absolute atomic E-state index is 14.3. The van der Waals surface area contributed by atoms with E-state index in [1.165, 1.54) is 23.1 Å². The first-order chi connectivity index (χ1) is 14.8. The van der Waals surface area contributed by atoms with E-state index in [1.54, 1.807) is 6.92 Å². The fourth-order valence-corrected chi connectivity index (χ4v) is 4.51. The number of amides is 4. The number of nitrogens with zero attached hydrogens (tertiary/aromatic N) is 2. The second kappa shape index (κ2) is 8.30. The lowest BCUT2D eigenvalue weighted by Crippen LogP contribution is -2.44. The Labute approximate surface area is 183 Å². The van der Waals surface area contributed by atoms with Crippen molar-refractivity contribution in [3.63, 3.8) is 0 Å². The van der Waals surface area contributed by atoms with Gasteiger partial charge in [-0.15, -0.1) is 0 Å². The number of hydrogen-bond acceptors (Lipinski definition) is 5. The predicted octanol–water partition coefficient (Wildman–Crippen LogP) is 3.43. The van der Waals surface area contributed by atoms with Gasteiger partial charge in [-0.1, -0.05) is 35.7 Å². The highest BCUT2D eigenvalue weighted by atomic mass is 35.5. The van der Waals surface area contributed by atoms with Gasteiger partial charge in [-0.25, -0.2) is 9.18 Å². The van der Waals surface area contributed by atoms with E-state index in [4.69, 9.17) is 16.1 Å². The molecule has 1 aromatic heterocycles. The van der Waals surface area contributed by atoms with Gasteiger partial charge in [0, 0.05) is 13.1 Å². The van der Waals surface area contributed by atoms with Crippen molar-refractivity contribution in [1.82, 2.24) is 20.7 Å². The molecule has 2 fully saturated rings. The molecule has 0 bridgehead atoms. The number of aromatic nitrogens is 1. The summed E-state index contributed by atoms with van der Waals surface area (Å²) in [6, 6.07) is 3.80. The Balaban J connectivity index is 1.39. The molecule has 0 unspecified atom stereocenters. The molecule has 4 amide bonds. The largest absolute Gasteiger partial charge is 0.360 e. The van der Waals surface area contributed by atoms with Gasteiger partial charge in [-0.3, -0.25) is 14.5 Å². The quantitative estimate of drug-likeness (QED) is 0.520. The van der Waals surface area contributed by atoms with E-state index in [9.17, 15) is 18.8 Å². The van der Waals surface area contributed by atoms with Crippen LogP contribution < -0.4 is 10.6 Å². The molecule has 1 aromatic carbocycles. The van der Waals surface area contributed by atoms with Crippen molar-refractivity contribution in [2.24, 2.45) is 0 Å². The number of benzene rings is 1. The van der Waals surface area contributed by atoms with Crippen LogP contribution in [-0.4, -0.2) is 46.5 Å². The number of halogens is 2. The normalized spacial score (nSPS) is 17.5. The van der Waals surface area contributed by atoms with E-state index in [0.717, 1.165) is 12.8 Å². The van der Waals surface area contributed by atoms with E-state index in [0.29, 0.717) is 19.3 Å². The summed E-state index contributed by atoms with van der Waals surface area (Å²) in [5, 5.41) is 9.47. The van der Waals surface area contributed by atoms with Gasteiger partial charge >= 0.3 is 6.03 Å². The summed E-state index contributed by atoms with van der Waals surface area (Å²) in [7, 11) is 0. The summed E-state index contributed by atoms with van der Waals surface area (Å²) in [6.07, 6.45) is 3.55. The molecular formula is C21H22ClFN4O4. The zero-order valence-corrected chi connectivity index (χ0v) is 17.7. The third-order valence-corrected chi connectivity index (χ3v) is 6.15. The average Bonchev–Trinajstić information content (AvgIpc) is 3.40. The van der Waals surface area contributed by atoms with Gasteiger partial charge in [0.15, 0.2) is 0 Å². The first kappa shape index (κ1) is 21.3. The number of rotatable bonds is 6. The number of carbonyl (C=O) groups excluding carboxylic acids is 3. The SMILES string of the molecule is Cc1onc(-c2c(F)cccc2Cl)c1C(=O)NCCCN1C(=O)NC2(CCCC2)C1=O. The molecule has 1 spiro atoms. The van der Waals surface area contributed by atoms with Crippen molar-refractivity contribution in [2.45, 2.75) is 44.6 Å². The molecule has 2 N–H and O–H groups in total. The predicted molar refractivity (Wildman–Crippen MR) is 110 cm³/mol. The van der Waals surface area contributed by atoms with Gasteiger partial charge in [-0.2, -0.15) is 0 Å². The molecule has 4 rings (SSSR count). The molecular weight excluding hydrogens is 427 g/mol. The Morgan fingerprint density at radius 1 is 1.35 bits per heavy atom. The molecule has 1 saturated carbocycles. The van der Waals surface area contributed by atoms with Gasteiger partial charge in [-0.05, 0) is 38.3 Å². The van der Waals surface area contributed by atoms with E-state index in [1.807, 2.05) is 0 Å². The summed E-state index contributed by atoms with van der Waals surface area (Å²) in [6.45, 7) is 1.95. The van der Waals surface area contributed by atoms with Crippen molar-refractivity contribution in [3.05, 3.63) is 40.4 Å². The van der Waals surface area contributed by atoms with Crippen LogP contribution in [0.2, 0.25) is 5.02 Å². The van der Waals surface area contributed by atoms with Gasteiger partial charge in [0.2, 0.25) is 0 Å². The summed E-state index contributed by atoms with van der Waals surface area (Å²) in [5.74, 6) is -1.08. The minimum atomic E-state index is -0.742. The van der Waals surface area contributed by atoms with Gasteiger partial charge in [0.1, 0.15) is 28.4 Å². The summed E-state index contributed by atoms with van der Waals surface area (Å²) < 4.78 is 19.4. The molecule has 10 heteroatoms.